The topological polar surface area (TPSA) is 38.3 Å². The van der Waals surface area contributed by atoms with Crippen LogP contribution in [0.15, 0.2) is 30.9 Å². The molecule has 0 heterocycles. The molecule has 0 aliphatic carbocycles. The van der Waals surface area contributed by atoms with Crippen molar-refractivity contribution in [3.8, 4) is 0 Å². The lowest BCUT2D eigenvalue weighted by Gasteiger charge is -2.29. The highest BCUT2D eigenvalue weighted by Gasteiger charge is 2.37. The summed E-state index contributed by atoms with van der Waals surface area (Å²) in [5.74, 6) is -0.437. The Labute approximate surface area is 117 Å². The number of methoxy groups -OCH3 is 1. The summed E-state index contributed by atoms with van der Waals surface area (Å²) in [6.07, 6.45) is 1.65. The second-order valence-corrected chi connectivity index (χ2v) is 4.67. The Hall–Kier alpha value is -1.03. The number of hydrogen-bond acceptors (Lipinski definition) is 3. The SMILES string of the molecule is C=CCNC(C)(C(=O)OC)c1cccc(Cl)c1Cl. The van der Waals surface area contributed by atoms with E-state index in [0.717, 1.165) is 0 Å². The Kier molecular flexibility index (Phi) is 5.20. The minimum Gasteiger partial charge on any atom is -0.467 e. The number of benzene rings is 1. The van der Waals surface area contributed by atoms with Crippen molar-refractivity contribution in [2.75, 3.05) is 13.7 Å². The van der Waals surface area contributed by atoms with E-state index in [4.69, 9.17) is 27.9 Å². The average molecular weight is 288 g/mol. The number of carbonyl (C=O) groups excluding carboxylic acids is 1. The lowest BCUT2D eigenvalue weighted by Crippen LogP contribution is -2.47. The van der Waals surface area contributed by atoms with Gasteiger partial charge in [0.05, 0.1) is 17.2 Å². The van der Waals surface area contributed by atoms with Gasteiger partial charge in [-0.25, -0.2) is 4.79 Å². The molecule has 1 N–H and O–H groups in total. The summed E-state index contributed by atoms with van der Waals surface area (Å²) >= 11 is 12.1. The molecule has 3 nitrogen and oxygen atoms in total. The first-order valence-corrected chi connectivity index (χ1v) is 6.11. The van der Waals surface area contributed by atoms with E-state index in [9.17, 15) is 4.79 Å². The molecular formula is C13H15Cl2NO2. The zero-order valence-electron chi connectivity index (χ0n) is 10.3. The summed E-state index contributed by atoms with van der Waals surface area (Å²) in [6, 6.07) is 5.14. The van der Waals surface area contributed by atoms with Gasteiger partial charge in [-0.1, -0.05) is 41.4 Å². The maximum absolute atomic E-state index is 12.0. The molecule has 0 aliphatic heterocycles. The Morgan fingerprint density at radius 3 is 2.78 bits per heavy atom. The van der Waals surface area contributed by atoms with Gasteiger partial charge in [-0.05, 0) is 13.0 Å². The number of nitrogens with one attached hydrogen (secondary N) is 1. The lowest BCUT2D eigenvalue weighted by molar-refractivity contribution is -0.148. The molecule has 1 unspecified atom stereocenters. The molecular weight excluding hydrogens is 273 g/mol. The van der Waals surface area contributed by atoms with E-state index in [1.54, 1.807) is 31.2 Å². The van der Waals surface area contributed by atoms with E-state index in [0.29, 0.717) is 22.2 Å². The maximum atomic E-state index is 12.0. The molecule has 0 saturated heterocycles. The van der Waals surface area contributed by atoms with Gasteiger partial charge in [0.15, 0.2) is 0 Å². The molecule has 1 rings (SSSR count). The monoisotopic (exact) mass is 287 g/mol. The number of halogens is 2. The Morgan fingerprint density at radius 1 is 1.56 bits per heavy atom. The van der Waals surface area contributed by atoms with Crippen molar-refractivity contribution in [2.45, 2.75) is 12.5 Å². The van der Waals surface area contributed by atoms with Crippen molar-refractivity contribution >= 4 is 29.2 Å². The predicted molar refractivity (Wildman–Crippen MR) is 74.0 cm³/mol. The quantitative estimate of drug-likeness (QED) is 0.668. The fourth-order valence-corrected chi connectivity index (χ4v) is 2.14. The van der Waals surface area contributed by atoms with E-state index in [-0.39, 0.29) is 0 Å². The Bertz CT molecular complexity index is 462. The second-order valence-electron chi connectivity index (χ2n) is 3.89. The molecule has 1 aromatic carbocycles. The van der Waals surface area contributed by atoms with Gasteiger partial charge in [0.2, 0.25) is 0 Å². The predicted octanol–water partition coefficient (Wildman–Crippen LogP) is 3.16. The maximum Gasteiger partial charge on any atom is 0.330 e. The molecule has 0 bridgehead atoms. The third kappa shape index (κ3) is 2.86. The summed E-state index contributed by atoms with van der Waals surface area (Å²) < 4.78 is 4.82. The standard InChI is InChI=1S/C13H15Cl2NO2/c1-4-8-16-13(2,12(17)18-3)9-6-5-7-10(14)11(9)15/h4-7,16H,1,8H2,2-3H3. The molecule has 0 fully saturated rings. The summed E-state index contributed by atoms with van der Waals surface area (Å²) in [7, 11) is 1.33. The molecule has 5 heteroatoms. The van der Waals surface area contributed by atoms with Gasteiger partial charge in [0.25, 0.3) is 0 Å². The zero-order chi connectivity index (χ0) is 13.8. The van der Waals surface area contributed by atoms with Crippen LogP contribution in [0.25, 0.3) is 0 Å². The van der Waals surface area contributed by atoms with Crippen LogP contribution in [0.4, 0.5) is 0 Å². The molecule has 0 aromatic heterocycles. The van der Waals surface area contributed by atoms with E-state index in [2.05, 4.69) is 11.9 Å². The van der Waals surface area contributed by atoms with Gasteiger partial charge in [0.1, 0.15) is 5.54 Å². The van der Waals surface area contributed by atoms with Crippen molar-refractivity contribution in [3.63, 3.8) is 0 Å². The largest absolute Gasteiger partial charge is 0.467 e. The Morgan fingerprint density at radius 2 is 2.22 bits per heavy atom. The first-order valence-electron chi connectivity index (χ1n) is 5.36. The third-order valence-electron chi connectivity index (χ3n) is 2.68. The molecule has 18 heavy (non-hydrogen) atoms. The van der Waals surface area contributed by atoms with Gasteiger partial charge in [-0.2, -0.15) is 0 Å². The van der Waals surface area contributed by atoms with E-state index >= 15 is 0 Å². The molecule has 0 amide bonds. The second kappa shape index (κ2) is 6.23. The number of hydrogen-bond donors (Lipinski definition) is 1. The number of esters is 1. The van der Waals surface area contributed by atoms with Crippen LogP contribution in [-0.2, 0) is 15.1 Å². The minimum atomic E-state index is -1.06. The van der Waals surface area contributed by atoms with Crippen molar-refractivity contribution in [3.05, 3.63) is 46.5 Å². The summed E-state index contributed by atoms with van der Waals surface area (Å²) in [5, 5.41) is 3.78. The molecule has 98 valence electrons. The molecule has 1 aromatic rings. The Balaban J connectivity index is 3.29. The van der Waals surface area contributed by atoms with Crippen molar-refractivity contribution < 1.29 is 9.53 Å². The zero-order valence-corrected chi connectivity index (χ0v) is 11.8. The minimum absolute atomic E-state index is 0.337. The van der Waals surface area contributed by atoms with Gasteiger partial charge in [-0.3, -0.25) is 5.32 Å². The molecule has 0 spiro atoms. The first kappa shape index (κ1) is 15.0. The van der Waals surface area contributed by atoms with Gasteiger partial charge < -0.3 is 4.74 Å². The van der Waals surface area contributed by atoms with Crippen LogP contribution in [-0.4, -0.2) is 19.6 Å². The van der Waals surface area contributed by atoms with Gasteiger partial charge in [0, 0.05) is 12.1 Å². The smallest absolute Gasteiger partial charge is 0.330 e. The van der Waals surface area contributed by atoms with Gasteiger partial charge >= 0.3 is 5.97 Å². The highest BCUT2D eigenvalue weighted by atomic mass is 35.5. The molecule has 1 atom stereocenters. The normalized spacial score (nSPS) is 13.8. The third-order valence-corrected chi connectivity index (χ3v) is 3.50. The lowest BCUT2D eigenvalue weighted by atomic mass is 9.92. The highest BCUT2D eigenvalue weighted by molar-refractivity contribution is 6.42. The average Bonchev–Trinajstić information content (AvgIpc) is 2.38. The van der Waals surface area contributed by atoms with Crippen LogP contribution in [0.2, 0.25) is 10.0 Å². The van der Waals surface area contributed by atoms with E-state index in [1.807, 2.05) is 0 Å². The van der Waals surface area contributed by atoms with Crippen molar-refractivity contribution in [2.24, 2.45) is 0 Å². The number of rotatable bonds is 5. The van der Waals surface area contributed by atoms with Crippen LogP contribution >= 0.6 is 23.2 Å². The number of carbonyl (C=O) groups is 1. The highest BCUT2D eigenvalue weighted by Crippen LogP contribution is 2.33. The van der Waals surface area contributed by atoms with Crippen LogP contribution in [0, 0.1) is 0 Å². The summed E-state index contributed by atoms with van der Waals surface area (Å²) in [6.45, 7) is 5.74. The fourth-order valence-electron chi connectivity index (χ4n) is 1.65. The molecule has 0 saturated carbocycles. The van der Waals surface area contributed by atoms with E-state index < -0.39 is 11.5 Å². The summed E-state index contributed by atoms with van der Waals surface area (Å²) in [5.41, 5.74) is -0.490. The fraction of sp³-hybridized carbons (Fsp3) is 0.308. The first-order chi connectivity index (χ1) is 8.47. The van der Waals surface area contributed by atoms with E-state index in [1.165, 1.54) is 7.11 Å². The van der Waals surface area contributed by atoms with Crippen LogP contribution in [0.5, 0.6) is 0 Å². The van der Waals surface area contributed by atoms with Crippen LogP contribution < -0.4 is 5.32 Å². The summed E-state index contributed by atoms with van der Waals surface area (Å²) in [4.78, 5) is 12.0. The van der Waals surface area contributed by atoms with Crippen molar-refractivity contribution in [1.82, 2.24) is 5.32 Å². The van der Waals surface area contributed by atoms with Crippen LogP contribution in [0.3, 0.4) is 0 Å². The molecule has 0 aliphatic rings. The number of ether oxygens (including phenoxy) is 1. The van der Waals surface area contributed by atoms with Crippen LogP contribution in [0.1, 0.15) is 12.5 Å². The van der Waals surface area contributed by atoms with Crippen molar-refractivity contribution in [1.29, 1.82) is 0 Å². The molecule has 0 radical (unpaired) electrons. The van der Waals surface area contributed by atoms with Gasteiger partial charge in [-0.15, -0.1) is 6.58 Å².